The number of anilines is 2. The summed E-state index contributed by atoms with van der Waals surface area (Å²) in [6.07, 6.45) is 2.40. The number of carbonyl (C=O) groups excluding carboxylic acids is 1. The Kier molecular flexibility index (Phi) is 4.97. The van der Waals surface area contributed by atoms with Gasteiger partial charge in [0.15, 0.2) is 11.6 Å². The van der Waals surface area contributed by atoms with Crippen molar-refractivity contribution in [1.29, 1.82) is 0 Å². The minimum atomic E-state index is -0.506. The number of nitrogens with zero attached hydrogens (tertiary/aromatic N) is 3. The van der Waals surface area contributed by atoms with E-state index in [1.165, 1.54) is 20.3 Å². The van der Waals surface area contributed by atoms with Crippen molar-refractivity contribution in [3.63, 3.8) is 0 Å². The van der Waals surface area contributed by atoms with Crippen LogP contribution in [0.2, 0.25) is 0 Å². The summed E-state index contributed by atoms with van der Waals surface area (Å²) in [6.45, 7) is 1.31. The number of rotatable bonds is 5. The lowest BCUT2D eigenvalue weighted by atomic mass is 10.2. The van der Waals surface area contributed by atoms with Crippen LogP contribution in [-0.2, 0) is 4.74 Å². The van der Waals surface area contributed by atoms with Gasteiger partial charge >= 0.3 is 5.97 Å². The highest BCUT2D eigenvalue weighted by Crippen LogP contribution is 2.24. The lowest BCUT2D eigenvalue weighted by molar-refractivity contribution is 0.0596. The second kappa shape index (κ2) is 7.33. The lowest BCUT2D eigenvalue weighted by Crippen LogP contribution is -2.27. The first-order valence-electron chi connectivity index (χ1n) is 7.87. The van der Waals surface area contributed by atoms with Crippen molar-refractivity contribution in [3.8, 4) is 5.88 Å². The molecule has 2 aromatic heterocycles. The van der Waals surface area contributed by atoms with Crippen LogP contribution in [0, 0.1) is 5.82 Å². The van der Waals surface area contributed by atoms with E-state index in [0.29, 0.717) is 24.7 Å². The van der Waals surface area contributed by atoms with Gasteiger partial charge in [0, 0.05) is 25.3 Å². The van der Waals surface area contributed by atoms with Crippen LogP contribution in [0.25, 0.3) is 0 Å². The normalized spacial score (nSPS) is 16.6. The molecule has 7 nitrogen and oxygen atoms in total. The van der Waals surface area contributed by atoms with E-state index in [-0.39, 0.29) is 23.3 Å². The third-order valence-electron chi connectivity index (χ3n) is 4.04. The van der Waals surface area contributed by atoms with Gasteiger partial charge in [-0.25, -0.2) is 14.2 Å². The highest BCUT2D eigenvalue weighted by atomic mass is 19.1. The maximum atomic E-state index is 13.9. The summed E-state index contributed by atoms with van der Waals surface area (Å²) < 4.78 is 23.7. The van der Waals surface area contributed by atoms with Crippen molar-refractivity contribution in [2.24, 2.45) is 0 Å². The number of hydrogen-bond acceptors (Lipinski definition) is 7. The molecule has 0 radical (unpaired) electrons. The summed E-state index contributed by atoms with van der Waals surface area (Å²) in [5.41, 5.74) is 0.263. The molecule has 1 unspecified atom stereocenters. The van der Waals surface area contributed by atoms with E-state index in [2.05, 4.69) is 15.3 Å². The topological polar surface area (TPSA) is 76.6 Å². The van der Waals surface area contributed by atoms with E-state index in [1.54, 1.807) is 24.4 Å². The molecular formula is C17H19FN4O3. The molecule has 0 amide bonds. The molecule has 1 fully saturated rings. The van der Waals surface area contributed by atoms with Crippen LogP contribution in [-0.4, -0.2) is 49.3 Å². The average molecular weight is 346 g/mol. The first-order chi connectivity index (χ1) is 12.1. The monoisotopic (exact) mass is 346 g/mol. The number of carbonyl (C=O) groups is 1. The number of hydrogen-bond donors (Lipinski definition) is 1. The van der Waals surface area contributed by atoms with E-state index in [0.717, 1.165) is 6.42 Å². The maximum Gasteiger partial charge on any atom is 0.343 e. The fourth-order valence-corrected chi connectivity index (χ4v) is 2.83. The van der Waals surface area contributed by atoms with Crippen LogP contribution in [0.15, 0.2) is 30.5 Å². The Morgan fingerprint density at radius 2 is 2.20 bits per heavy atom. The van der Waals surface area contributed by atoms with Crippen molar-refractivity contribution < 1.29 is 18.7 Å². The zero-order valence-corrected chi connectivity index (χ0v) is 14.0. The number of nitrogens with one attached hydrogen (secondary N) is 1. The van der Waals surface area contributed by atoms with Gasteiger partial charge in [-0.2, -0.15) is 4.98 Å². The molecular weight excluding hydrogens is 327 g/mol. The van der Waals surface area contributed by atoms with E-state index in [1.807, 2.05) is 4.90 Å². The molecule has 0 aromatic carbocycles. The number of methoxy groups -OCH3 is 2. The summed E-state index contributed by atoms with van der Waals surface area (Å²) in [7, 11) is 2.75. The minimum Gasteiger partial charge on any atom is -0.480 e. The van der Waals surface area contributed by atoms with Crippen molar-refractivity contribution >= 4 is 17.6 Å². The zero-order chi connectivity index (χ0) is 17.8. The maximum absolute atomic E-state index is 13.9. The predicted octanol–water partition coefficient (Wildman–Crippen LogP) is 2.10. The molecule has 8 heteroatoms. The number of aromatic nitrogens is 2. The van der Waals surface area contributed by atoms with Gasteiger partial charge in [0.05, 0.1) is 14.2 Å². The number of pyridine rings is 2. The lowest BCUT2D eigenvalue weighted by Gasteiger charge is -2.18. The van der Waals surface area contributed by atoms with Gasteiger partial charge in [-0.05, 0) is 30.7 Å². The third kappa shape index (κ3) is 3.62. The number of halogens is 1. The Morgan fingerprint density at radius 3 is 2.92 bits per heavy atom. The molecule has 1 N–H and O–H groups in total. The van der Waals surface area contributed by atoms with Crippen molar-refractivity contribution in [2.45, 2.75) is 12.5 Å². The second-order valence-corrected chi connectivity index (χ2v) is 5.63. The molecule has 3 rings (SSSR count). The molecule has 1 aliphatic rings. The molecule has 1 saturated heterocycles. The molecule has 0 spiro atoms. The van der Waals surface area contributed by atoms with Crippen LogP contribution < -0.4 is 15.0 Å². The average Bonchev–Trinajstić information content (AvgIpc) is 3.09. The van der Waals surface area contributed by atoms with Gasteiger partial charge < -0.3 is 19.7 Å². The first kappa shape index (κ1) is 16.9. The minimum absolute atomic E-state index is 0.0857. The van der Waals surface area contributed by atoms with E-state index >= 15 is 0 Å². The molecule has 0 aliphatic carbocycles. The van der Waals surface area contributed by atoms with E-state index in [9.17, 15) is 9.18 Å². The van der Waals surface area contributed by atoms with Gasteiger partial charge in [-0.3, -0.25) is 0 Å². The molecule has 2 aromatic rings. The smallest absolute Gasteiger partial charge is 0.343 e. The predicted molar refractivity (Wildman–Crippen MR) is 90.6 cm³/mol. The van der Waals surface area contributed by atoms with Gasteiger partial charge in [0.2, 0.25) is 5.88 Å². The summed E-state index contributed by atoms with van der Waals surface area (Å²) in [4.78, 5) is 22.0. The molecule has 0 bridgehead atoms. The largest absolute Gasteiger partial charge is 0.480 e. The van der Waals surface area contributed by atoms with E-state index < -0.39 is 5.97 Å². The van der Waals surface area contributed by atoms with Crippen molar-refractivity contribution in [1.82, 2.24) is 9.97 Å². The summed E-state index contributed by atoms with van der Waals surface area (Å²) in [5.74, 6) is 0.303. The van der Waals surface area contributed by atoms with Gasteiger partial charge in [0.1, 0.15) is 11.4 Å². The Balaban J connectivity index is 1.69. The first-order valence-corrected chi connectivity index (χ1v) is 7.87. The summed E-state index contributed by atoms with van der Waals surface area (Å²) in [6, 6.07) is 6.36. The van der Waals surface area contributed by atoms with Crippen molar-refractivity contribution in [2.75, 3.05) is 37.5 Å². The van der Waals surface area contributed by atoms with Crippen LogP contribution in [0.5, 0.6) is 5.88 Å². The molecule has 0 saturated carbocycles. The van der Waals surface area contributed by atoms with Gasteiger partial charge in [-0.15, -0.1) is 0 Å². The van der Waals surface area contributed by atoms with Crippen LogP contribution in [0.4, 0.5) is 16.0 Å². The fourth-order valence-electron chi connectivity index (χ4n) is 2.83. The summed E-state index contributed by atoms with van der Waals surface area (Å²) in [5, 5.41) is 3.28. The standard InChI is InChI=1S/C17H19FN4O3/c1-24-16-12(17(23)25-2)5-6-14(21-16)20-11-7-9-22(10-11)15-13(18)4-3-8-19-15/h3-6,8,11H,7,9-10H2,1-2H3,(H,20,21). The summed E-state index contributed by atoms with van der Waals surface area (Å²) >= 11 is 0. The van der Waals surface area contributed by atoms with Crippen LogP contribution in [0.3, 0.4) is 0 Å². The van der Waals surface area contributed by atoms with Crippen LogP contribution >= 0.6 is 0 Å². The molecule has 3 heterocycles. The molecule has 1 atom stereocenters. The second-order valence-electron chi connectivity index (χ2n) is 5.63. The highest BCUT2D eigenvalue weighted by Gasteiger charge is 2.26. The number of esters is 1. The Hall–Kier alpha value is -2.90. The molecule has 25 heavy (non-hydrogen) atoms. The van der Waals surface area contributed by atoms with E-state index in [4.69, 9.17) is 9.47 Å². The SMILES string of the molecule is COC(=O)c1ccc(NC2CCN(c3ncccc3F)C2)nc1OC. The highest BCUT2D eigenvalue weighted by molar-refractivity contribution is 5.92. The Morgan fingerprint density at radius 1 is 1.36 bits per heavy atom. The molecule has 1 aliphatic heterocycles. The zero-order valence-electron chi connectivity index (χ0n) is 14.0. The number of ether oxygens (including phenoxy) is 2. The quantitative estimate of drug-likeness (QED) is 0.831. The Labute approximate surface area is 144 Å². The Bertz CT molecular complexity index is 771. The van der Waals surface area contributed by atoms with Crippen LogP contribution in [0.1, 0.15) is 16.8 Å². The molecule has 132 valence electrons. The van der Waals surface area contributed by atoms with Gasteiger partial charge in [0.25, 0.3) is 0 Å². The third-order valence-corrected chi connectivity index (χ3v) is 4.04. The van der Waals surface area contributed by atoms with Gasteiger partial charge in [-0.1, -0.05) is 0 Å². The van der Waals surface area contributed by atoms with Crippen molar-refractivity contribution in [3.05, 3.63) is 41.8 Å². The fraction of sp³-hybridized carbons (Fsp3) is 0.353.